The highest BCUT2D eigenvalue weighted by Crippen LogP contribution is 2.21. The van der Waals surface area contributed by atoms with Gasteiger partial charge in [0, 0.05) is 31.6 Å². The summed E-state index contributed by atoms with van der Waals surface area (Å²) >= 11 is 1.43. The third-order valence-electron chi connectivity index (χ3n) is 4.26. The predicted octanol–water partition coefficient (Wildman–Crippen LogP) is 2.16. The average Bonchev–Trinajstić information content (AvgIpc) is 3.46. The Kier molecular flexibility index (Phi) is 5.34. The van der Waals surface area contributed by atoms with Gasteiger partial charge in [0.1, 0.15) is 11.6 Å². The second kappa shape index (κ2) is 8.23. The number of pyridine rings is 1. The van der Waals surface area contributed by atoms with Gasteiger partial charge in [-0.25, -0.2) is 14.8 Å². The first-order valence-corrected chi connectivity index (χ1v) is 9.82. The first kappa shape index (κ1) is 18.8. The molecule has 4 rings (SSSR count). The maximum atomic E-state index is 12.2. The highest BCUT2D eigenvalue weighted by molar-refractivity contribution is 7.13. The van der Waals surface area contributed by atoms with Gasteiger partial charge in [0.2, 0.25) is 5.91 Å². The molecule has 0 atom stereocenters. The van der Waals surface area contributed by atoms with Crippen LogP contribution >= 0.6 is 11.3 Å². The van der Waals surface area contributed by atoms with Crippen LogP contribution in [0.15, 0.2) is 57.4 Å². The Morgan fingerprint density at radius 3 is 2.93 bits per heavy atom. The van der Waals surface area contributed by atoms with Crippen LogP contribution in [0.1, 0.15) is 17.8 Å². The summed E-state index contributed by atoms with van der Waals surface area (Å²) in [6.07, 6.45) is 5.35. The van der Waals surface area contributed by atoms with Crippen LogP contribution in [0.4, 0.5) is 0 Å². The fourth-order valence-electron chi connectivity index (χ4n) is 2.77. The van der Waals surface area contributed by atoms with Crippen molar-refractivity contribution in [3.63, 3.8) is 0 Å². The van der Waals surface area contributed by atoms with Crippen LogP contribution in [0.2, 0.25) is 0 Å². The Morgan fingerprint density at radius 2 is 2.17 bits per heavy atom. The van der Waals surface area contributed by atoms with Crippen molar-refractivity contribution in [3.8, 4) is 16.6 Å². The molecule has 0 saturated heterocycles. The topological polar surface area (TPSA) is 108 Å². The Bertz CT molecular complexity index is 1170. The number of nitrogens with zero attached hydrogens (tertiary/aromatic N) is 5. The van der Waals surface area contributed by atoms with Gasteiger partial charge >= 0.3 is 5.76 Å². The van der Waals surface area contributed by atoms with E-state index >= 15 is 0 Å². The first-order chi connectivity index (χ1) is 14.1. The molecule has 148 valence electrons. The van der Waals surface area contributed by atoms with Crippen LogP contribution in [-0.2, 0) is 17.9 Å². The summed E-state index contributed by atoms with van der Waals surface area (Å²) < 4.78 is 8.18. The third kappa shape index (κ3) is 4.32. The van der Waals surface area contributed by atoms with Gasteiger partial charge in [-0.1, -0.05) is 6.07 Å². The molecule has 9 nitrogen and oxygen atoms in total. The van der Waals surface area contributed by atoms with E-state index in [-0.39, 0.29) is 24.8 Å². The number of aryl methyl sites for hydroxylation is 2. The molecule has 1 amide bonds. The number of amides is 1. The minimum Gasteiger partial charge on any atom is -0.387 e. The Morgan fingerprint density at radius 1 is 1.28 bits per heavy atom. The van der Waals surface area contributed by atoms with E-state index in [4.69, 9.17) is 4.42 Å². The summed E-state index contributed by atoms with van der Waals surface area (Å²) in [6, 6.07) is 7.40. The number of rotatable bonds is 7. The smallest absolute Gasteiger partial charge is 0.387 e. The fraction of sp³-hybridized carbons (Fsp3) is 0.211. The molecule has 0 bridgehead atoms. The molecule has 0 radical (unpaired) electrons. The lowest BCUT2D eigenvalue weighted by atomic mass is 10.2. The van der Waals surface area contributed by atoms with Crippen molar-refractivity contribution in [2.45, 2.75) is 26.4 Å². The minimum absolute atomic E-state index is 0.120. The molecule has 0 aliphatic rings. The molecule has 0 saturated carbocycles. The average molecular weight is 410 g/mol. The second-order valence-electron chi connectivity index (χ2n) is 6.27. The van der Waals surface area contributed by atoms with Crippen LogP contribution in [0.5, 0.6) is 0 Å². The molecule has 0 spiro atoms. The van der Waals surface area contributed by atoms with E-state index in [9.17, 15) is 9.59 Å². The molecule has 0 aromatic carbocycles. The van der Waals surface area contributed by atoms with Crippen molar-refractivity contribution in [3.05, 3.63) is 70.2 Å². The lowest BCUT2D eigenvalue weighted by Gasteiger charge is -2.08. The molecule has 1 N–H and O–H groups in total. The monoisotopic (exact) mass is 410 g/mol. The Labute approximate surface area is 169 Å². The van der Waals surface area contributed by atoms with Gasteiger partial charge in [-0.05, 0) is 36.1 Å². The largest absolute Gasteiger partial charge is 0.437 e. The van der Waals surface area contributed by atoms with E-state index in [1.807, 2.05) is 47.3 Å². The second-order valence-corrected chi connectivity index (χ2v) is 7.21. The highest BCUT2D eigenvalue weighted by atomic mass is 32.1. The van der Waals surface area contributed by atoms with E-state index in [1.54, 1.807) is 12.4 Å². The number of thiophene rings is 1. The van der Waals surface area contributed by atoms with Gasteiger partial charge in [0.25, 0.3) is 5.89 Å². The molecule has 0 unspecified atom stereocenters. The minimum atomic E-state index is -0.573. The van der Waals surface area contributed by atoms with Crippen LogP contribution in [0.25, 0.3) is 16.6 Å². The van der Waals surface area contributed by atoms with Gasteiger partial charge in [0.05, 0.1) is 11.4 Å². The summed E-state index contributed by atoms with van der Waals surface area (Å²) in [6.45, 7) is 2.40. The van der Waals surface area contributed by atoms with Crippen molar-refractivity contribution in [2.75, 3.05) is 0 Å². The summed E-state index contributed by atoms with van der Waals surface area (Å²) in [4.78, 5) is 33.4. The molecule has 10 heteroatoms. The first-order valence-electron chi connectivity index (χ1n) is 8.94. The summed E-state index contributed by atoms with van der Waals surface area (Å²) in [5.41, 5.74) is 0.912. The van der Waals surface area contributed by atoms with Crippen molar-refractivity contribution in [1.82, 2.24) is 29.6 Å². The number of nitrogens with one attached hydrogen (secondary N) is 1. The standard InChI is InChI=1S/C19H18N6O3S/c1-13-20-7-9-24(13)16-11-14(4-6-21-16)12-22-17(26)5-8-25-19(27)28-18(23-25)15-3-2-10-29-15/h2-4,6-7,9-11H,5,8,12H2,1H3,(H,22,26). The van der Waals surface area contributed by atoms with Gasteiger partial charge in [-0.15, -0.1) is 16.4 Å². The van der Waals surface area contributed by atoms with Crippen LogP contribution in [0.3, 0.4) is 0 Å². The van der Waals surface area contributed by atoms with Crippen LogP contribution in [-0.4, -0.2) is 30.2 Å². The maximum absolute atomic E-state index is 12.2. The van der Waals surface area contributed by atoms with E-state index in [1.165, 1.54) is 16.0 Å². The van der Waals surface area contributed by atoms with Gasteiger partial charge in [-0.2, -0.15) is 4.68 Å². The maximum Gasteiger partial charge on any atom is 0.437 e. The molecule has 4 heterocycles. The number of imidazole rings is 1. The normalized spacial score (nSPS) is 10.9. The molecule has 4 aromatic heterocycles. The lowest BCUT2D eigenvalue weighted by Crippen LogP contribution is -2.26. The van der Waals surface area contributed by atoms with E-state index in [0.717, 1.165) is 22.1 Å². The van der Waals surface area contributed by atoms with Crippen LogP contribution < -0.4 is 11.1 Å². The third-order valence-corrected chi connectivity index (χ3v) is 5.12. The number of hydrogen-bond donors (Lipinski definition) is 1. The van der Waals surface area contributed by atoms with Gasteiger partial charge < -0.3 is 9.73 Å². The molecule has 4 aromatic rings. The summed E-state index contributed by atoms with van der Waals surface area (Å²) in [7, 11) is 0. The molecule has 29 heavy (non-hydrogen) atoms. The molecular weight excluding hydrogens is 392 g/mol. The highest BCUT2D eigenvalue weighted by Gasteiger charge is 2.12. The van der Waals surface area contributed by atoms with E-state index in [2.05, 4.69) is 20.4 Å². The van der Waals surface area contributed by atoms with Crippen molar-refractivity contribution < 1.29 is 9.21 Å². The quantitative estimate of drug-likeness (QED) is 0.500. The number of hydrogen-bond acceptors (Lipinski definition) is 7. The lowest BCUT2D eigenvalue weighted by molar-refractivity contribution is -0.121. The molecule has 0 fully saturated rings. The summed E-state index contributed by atoms with van der Waals surface area (Å²) in [5, 5.41) is 8.86. The zero-order valence-corrected chi connectivity index (χ0v) is 16.4. The fourth-order valence-corrected chi connectivity index (χ4v) is 3.41. The zero-order valence-electron chi connectivity index (χ0n) is 15.6. The zero-order chi connectivity index (χ0) is 20.2. The number of carbonyl (C=O) groups is 1. The van der Waals surface area contributed by atoms with Crippen molar-refractivity contribution in [1.29, 1.82) is 0 Å². The predicted molar refractivity (Wildman–Crippen MR) is 107 cm³/mol. The number of aromatic nitrogens is 5. The van der Waals surface area contributed by atoms with Gasteiger partial charge in [0.15, 0.2) is 0 Å². The Hall–Kier alpha value is -3.53. The van der Waals surface area contributed by atoms with E-state index < -0.39 is 5.76 Å². The molecule has 0 aliphatic carbocycles. The molecule has 0 aliphatic heterocycles. The molecular formula is C19H18N6O3S. The van der Waals surface area contributed by atoms with Gasteiger partial charge in [-0.3, -0.25) is 9.36 Å². The van der Waals surface area contributed by atoms with Crippen molar-refractivity contribution >= 4 is 17.2 Å². The Balaban J connectivity index is 1.33. The van der Waals surface area contributed by atoms with Crippen molar-refractivity contribution in [2.24, 2.45) is 0 Å². The number of carbonyl (C=O) groups excluding carboxylic acids is 1. The SMILES string of the molecule is Cc1nccn1-c1cc(CNC(=O)CCn2nc(-c3cccs3)oc2=O)ccn1. The summed E-state index contributed by atoms with van der Waals surface area (Å²) in [5.74, 6) is 1.08. The van der Waals surface area contributed by atoms with E-state index in [0.29, 0.717) is 6.54 Å². The van der Waals surface area contributed by atoms with Crippen LogP contribution in [0, 0.1) is 6.92 Å².